The zero-order valence-electron chi connectivity index (χ0n) is 10.5. The van der Waals surface area contributed by atoms with Gasteiger partial charge in [-0.1, -0.05) is 5.21 Å². The van der Waals surface area contributed by atoms with Crippen molar-refractivity contribution in [1.82, 2.24) is 20.3 Å². The molecule has 0 bridgehead atoms. The summed E-state index contributed by atoms with van der Waals surface area (Å²) in [7, 11) is 3.38. The minimum absolute atomic E-state index is 0.324. The molecule has 7 heteroatoms. The Hall–Kier alpha value is -1.89. The van der Waals surface area contributed by atoms with E-state index in [0.29, 0.717) is 17.7 Å². The molecule has 0 aliphatic heterocycles. The van der Waals surface area contributed by atoms with E-state index < -0.39 is 17.5 Å². The Morgan fingerprint density at radius 2 is 1.89 bits per heavy atom. The van der Waals surface area contributed by atoms with Gasteiger partial charge in [-0.15, -0.1) is 5.10 Å². The number of nitrogens with one attached hydrogen (secondary N) is 1. The number of benzene rings is 1. The van der Waals surface area contributed by atoms with Crippen LogP contribution in [0.15, 0.2) is 18.3 Å². The van der Waals surface area contributed by atoms with Crippen molar-refractivity contribution in [2.24, 2.45) is 7.05 Å². The minimum atomic E-state index is -1.46. The average molecular weight is 270 g/mol. The fourth-order valence-electron chi connectivity index (χ4n) is 1.86. The Bertz CT molecular complexity index is 559. The highest BCUT2D eigenvalue weighted by atomic mass is 19.2. The van der Waals surface area contributed by atoms with E-state index in [2.05, 4.69) is 15.6 Å². The van der Waals surface area contributed by atoms with E-state index in [1.807, 2.05) is 0 Å². The van der Waals surface area contributed by atoms with Crippen molar-refractivity contribution in [2.45, 2.75) is 12.5 Å². The smallest absolute Gasteiger partial charge is 0.194 e. The highest BCUT2D eigenvalue weighted by Gasteiger charge is 2.17. The number of halogens is 3. The third-order valence-corrected chi connectivity index (χ3v) is 2.82. The van der Waals surface area contributed by atoms with Gasteiger partial charge in [0.2, 0.25) is 0 Å². The van der Waals surface area contributed by atoms with Crippen molar-refractivity contribution in [1.29, 1.82) is 0 Å². The summed E-state index contributed by atoms with van der Waals surface area (Å²) < 4.78 is 40.9. The van der Waals surface area contributed by atoms with Crippen LogP contribution in [0.3, 0.4) is 0 Å². The molecule has 0 saturated carbocycles. The molecular weight excluding hydrogens is 257 g/mol. The van der Waals surface area contributed by atoms with Gasteiger partial charge in [0.1, 0.15) is 0 Å². The van der Waals surface area contributed by atoms with Crippen LogP contribution in [0.5, 0.6) is 0 Å². The normalized spacial score (nSPS) is 12.7. The molecule has 2 aromatic rings. The Kier molecular flexibility index (Phi) is 3.84. The summed E-state index contributed by atoms with van der Waals surface area (Å²) in [5.41, 5.74) is 0.997. The summed E-state index contributed by atoms with van der Waals surface area (Å²) in [6, 6.07) is 1.59. The van der Waals surface area contributed by atoms with Crippen LogP contribution in [-0.2, 0) is 13.5 Å². The predicted molar refractivity (Wildman–Crippen MR) is 62.8 cm³/mol. The molecule has 0 aliphatic rings. The van der Waals surface area contributed by atoms with E-state index in [-0.39, 0.29) is 6.04 Å². The Balaban J connectivity index is 2.27. The summed E-state index contributed by atoms with van der Waals surface area (Å²) in [6.07, 6.45) is 2.11. The number of hydrogen-bond donors (Lipinski definition) is 1. The molecule has 0 spiro atoms. The lowest BCUT2D eigenvalue weighted by atomic mass is 10.0. The molecule has 1 aromatic heterocycles. The van der Waals surface area contributed by atoms with Crippen LogP contribution in [0.1, 0.15) is 17.3 Å². The Morgan fingerprint density at radius 1 is 1.26 bits per heavy atom. The van der Waals surface area contributed by atoms with Crippen LogP contribution in [0.25, 0.3) is 0 Å². The molecule has 1 atom stereocenters. The lowest BCUT2D eigenvalue weighted by molar-refractivity contribution is 0.440. The first-order valence-corrected chi connectivity index (χ1v) is 5.68. The largest absolute Gasteiger partial charge is 0.313 e. The molecule has 1 N–H and O–H groups in total. The average Bonchev–Trinajstić information content (AvgIpc) is 2.78. The van der Waals surface area contributed by atoms with Crippen molar-refractivity contribution in [2.75, 3.05) is 7.05 Å². The molecule has 102 valence electrons. The first-order chi connectivity index (χ1) is 9.01. The molecule has 0 amide bonds. The molecule has 4 nitrogen and oxygen atoms in total. The quantitative estimate of drug-likeness (QED) is 0.860. The molecule has 19 heavy (non-hydrogen) atoms. The van der Waals surface area contributed by atoms with Crippen LogP contribution in [0.2, 0.25) is 0 Å². The first-order valence-electron chi connectivity index (χ1n) is 5.68. The third kappa shape index (κ3) is 2.93. The van der Waals surface area contributed by atoms with Gasteiger partial charge in [0, 0.05) is 25.7 Å². The first kappa shape index (κ1) is 13.5. The number of nitrogens with zero attached hydrogens (tertiary/aromatic N) is 3. The van der Waals surface area contributed by atoms with Gasteiger partial charge in [-0.05, 0) is 24.7 Å². The monoisotopic (exact) mass is 270 g/mol. The maximum atomic E-state index is 13.2. The topological polar surface area (TPSA) is 42.7 Å². The lowest BCUT2D eigenvalue weighted by Crippen LogP contribution is -2.19. The van der Waals surface area contributed by atoms with Gasteiger partial charge >= 0.3 is 0 Å². The Labute approximate surface area is 108 Å². The van der Waals surface area contributed by atoms with E-state index in [0.717, 1.165) is 12.1 Å². The summed E-state index contributed by atoms with van der Waals surface area (Å²) >= 11 is 0. The van der Waals surface area contributed by atoms with E-state index in [1.165, 1.54) is 4.68 Å². The molecule has 0 aliphatic carbocycles. The van der Waals surface area contributed by atoms with Crippen molar-refractivity contribution in [3.8, 4) is 0 Å². The van der Waals surface area contributed by atoms with Gasteiger partial charge in [0.15, 0.2) is 17.5 Å². The lowest BCUT2D eigenvalue weighted by Gasteiger charge is -2.15. The molecular formula is C12H13F3N4. The van der Waals surface area contributed by atoms with E-state index >= 15 is 0 Å². The molecule has 0 fully saturated rings. The van der Waals surface area contributed by atoms with E-state index in [1.54, 1.807) is 20.3 Å². The van der Waals surface area contributed by atoms with Gasteiger partial charge in [-0.2, -0.15) is 0 Å². The number of rotatable bonds is 4. The maximum absolute atomic E-state index is 13.2. The van der Waals surface area contributed by atoms with Crippen LogP contribution in [0, 0.1) is 17.5 Å². The second-order valence-electron chi connectivity index (χ2n) is 4.23. The molecule has 1 aromatic carbocycles. The predicted octanol–water partition coefficient (Wildman–Crippen LogP) is 1.74. The van der Waals surface area contributed by atoms with Crippen molar-refractivity contribution in [3.63, 3.8) is 0 Å². The second kappa shape index (κ2) is 5.40. The highest BCUT2D eigenvalue weighted by Crippen LogP contribution is 2.21. The standard InChI is InChI=1S/C12H13F3N4/c1-16-11(5-8-6-19(2)18-17-8)7-3-9(13)12(15)10(14)4-7/h3-4,6,11,16H,5H2,1-2H3. The Morgan fingerprint density at radius 3 is 2.37 bits per heavy atom. The summed E-state index contributed by atoms with van der Waals surface area (Å²) in [5.74, 6) is -3.86. The number of aromatic nitrogens is 3. The van der Waals surface area contributed by atoms with Crippen molar-refractivity contribution in [3.05, 3.63) is 47.0 Å². The molecule has 0 radical (unpaired) electrons. The number of likely N-dealkylation sites (N-methyl/N-ethyl adjacent to an activating group) is 1. The van der Waals surface area contributed by atoms with Gasteiger partial charge in [0.25, 0.3) is 0 Å². The zero-order valence-corrected chi connectivity index (χ0v) is 10.5. The maximum Gasteiger partial charge on any atom is 0.194 e. The number of aryl methyl sites for hydroxylation is 1. The molecule has 2 rings (SSSR count). The highest BCUT2D eigenvalue weighted by molar-refractivity contribution is 5.24. The summed E-state index contributed by atoms with van der Waals surface area (Å²) in [5, 5.41) is 10.6. The van der Waals surface area contributed by atoms with Crippen molar-refractivity contribution >= 4 is 0 Å². The summed E-state index contributed by atoms with van der Waals surface area (Å²) in [6.45, 7) is 0. The molecule has 1 unspecified atom stereocenters. The van der Waals surface area contributed by atoms with Gasteiger partial charge in [-0.3, -0.25) is 4.68 Å². The fourth-order valence-corrected chi connectivity index (χ4v) is 1.86. The van der Waals surface area contributed by atoms with E-state index in [9.17, 15) is 13.2 Å². The SMILES string of the molecule is CNC(Cc1cn(C)nn1)c1cc(F)c(F)c(F)c1. The van der Waals surface area contributed by atoms with Crippen LogP contribution >= 0.6 is 0 Å². The zero-order chi connectivity index (χ0) is 14.0. The van der Waals surface area contributed by atoms with Crippen LogP contribution in [0.4, 0.5) is 13.2 Å². The summed E-state index contributed by atoms with van der Waals surface area (Å²) in [4.78, 5) is 0. The van der Waals surface area contributed by atoms with Gasteiger partial charge < -0.3 is 5.32 Å². The third-order valence-electron chi connectivity index (χ3n) is 2.82. The van der Waals surface area contributed by atoms with Gasteiger partial charge in [-0.25, -0.2) is 13.2 Å². The van der Waals surface area contributed by atoms with Crippen LogP contribution < -0.4 is 5.32 Å². The van der Waals surface area contributed by atoms with E-state index in [4.69, 9.17) is 0 Å². The fraction of sp³-hybridized carbons (Fsp3) is 0.333. The van der Waals surface area contributed by atoms with Crippen molar-refractivity contribution < 1.29 is 13.2 Å². The molecule has 1 heterocycles. The molecule has 0 saturated heterocycles. The number of hydrogen-bond acceptors (Lipinski definition) is 3. The second-order valence-corrected chi connectivity index (χ2v) is 4.23. The van der Waals surface area contributed by atoms with Gasteiger partial charge in [0.05, 0.1) is 5.69 Å². The van der Waals surface area contributed by atoms with Crippen LogP contribution in [-0.4, -0.2) is 22.0 Å². The minimum Gasteiger partial charge on any atom is -0.313 e.